The average Bonchev–Trinajstić information content (AvgIpc) is 2.22. The van der Waals surface area contributed by atoms with Crippen molar-refractivity contribution < 1.29 is 18.0 Å². The number of amides is 2. The minimum absolute atomic E-state index is 0.0341. The number of urea groups is 1. The molecule has 0 radical (unpaired) electrons. The van der Waals surface area contributed by atoms with Crippen molar-refractivity contribution in [2.24, 2.45) is 0 Å². The van der Waals surface area contributed by atoms with Gasteiger partial charge in [-0.05, 0) is 12.8 Å². The van der Waals surface area contributed by atoms with Gasteiger partial charge in [0.15, 0.2) is 0 Å². The summed E-state index contributed by atoms with van der Waals surface area (Å²) < 4.78 is 35.6. The van der Waals surface area contributed by atoms with Crippen molar-refractivity contribution in [3.05, 3.63) is 0 Å². The Bertz CT molecular complexity index is 219. The zero-order valence-corrected chi connectivity index (χ0v) is 10.4. The molecule has 0 aromatic rings. The molecule has 0 bridgehead atoms. The molecule has 1 atom stereocenters. The molecule has 0 aromatic carbocycles. The molecule has 1 unspecified atom stereocenters. The number of hydrogen-bond acceptors (Lipinski definition) is 1. The van der Waals surface area contributed by atoms with Gasteiger partial charge in [0.05, 0.1) is 0 Å². The number of carbonyl (C=O) groups excluding carboxylic acids is 1. The summed E-state index contributed by atoms with van der Waals surface area (Å²) in [5, 5.41) is 4.39. The van der Waals surface area contributed by atoms with Gasteiger partial charge >= 0.3 is 12.2 Å². The van der Waals surface area contributed by atoms with Gasteiger partial charge < -0.3 is 10.6 Å². The van der Waals surface area contributed by atoms with E-state index in [4.69, 9.17) is 0 Å². The lowest BCUT2D eigenvalue weighted by Crippen LogP contribution is -2.45. The third-order valence-electron chi connectivity index (χ3n) is 2.33. The van der Waals surface area contributed by atoms with Gasteiger partial charge in [-0.25, -0.2) is 4.79 Å². The highest BCUT2D eigenvalue weighted by atomic mass is 19.4. The quantitative estimate of drug-likeness (QED) is 0.719. The molecule has 102 valence electrons. The molecule has 0 rings (SSSR count). The molecule has 2 N–H and O–H groups in total. The lowest BCUT2D eigenvalue weighted by molar-refractivity contribution is -0.122. The topological polar surface area (TPSA) is 41.1 Å². The molecule has 0 spiro atoms. The zero-order chi connectivity index (χ0) is 13.3. The van der Waals surface area contributed by atoms with Crippen LogP contribution in [0.15, 0.2) is 0 Å². The molecule has 0 aliphatic rings. The number of nitrogens with one attached hydrogen (secondary N) is 2. The first kappa shape index (κ1) is 16.1. The smallest absolute Gasteiger partial charge is 0.335 e. The van der Waals surface area contributed by atoms with Gasteiger partial charge in [-0.15, -0.1) is 0 Å². The fraction of sp³-hybridized carbons (Fsp3) is 0.909. The Hall–Kier alpha value is -0.940. The van der Waals surface area contributed by atoms with Crippen LogP contribution in [0.5, 0.6) is 0 Å². The summed E-state index contributed by atoms with van der Waals surface area (Å²) in [6, 6.07) is -0.773. The van der Waals surface area contributed by atoms with Crippen LogP contribution in [0.4, 0.5) is 18.0 Å². The Kier molecular flexibility index (Phi) is 7.74. The first-order chi connectivity index (χ1) is 7.89. The molecular formula is C11H21F3N2O. The maximum atomic E-state index is 11.9. The summed E-state index contributed by atoms with van der Waals surface area (Å²) in [5.74, 6) is 0. The SMILES string of the molecule is CCCCC(CCC)NC(=O)NCC(F)(F)F. The predicted molar refractivity (Wildman–Crippen MR) is 60.8 cm³/mol. The van der Waals surface area contributed by atoms with Crippen LogP contribution in [0, 0.1) is 0 Å². The fourth-order valence-corrected chi connectivity index (χ4v) is 1.50. The highest BCUT2D eigenvalue weighted by molar-refractivity contribution is 5.74. The Morgan fingerprint density at radius 3 is 2.29 bits per heavy atom. The van der Waals surface area contributed by atoms with Crippen LogP contribution >= 0.6 is 0 Å². The normalized spacial score (nSPS) is 13.2. The van der Waals surface area contributed by atoms with Gasteiger partial charge in [0, 0.05) is 6.04 Å². The van der Waals surface area contributed by atoms with Crippen molar-refractivity contribution >= 4 is 6.03 Å². The second-order valence-electron chi connectivity index (χ2n) is 4.07. The van der Waals surface area contributed by atoms with E-state index in [1.165, 1.54) is 0 Å². The number of rotatable bonds is 7. The number of halogens is 3. The van der Waals surface area contributed by atoms with Crippen LogP contribution in [0.2, 0.25) is 0 Å². The van der Waals surface area contributed by atoms with E-state index in [1.54, 1.807) is 0 Å². The van der Waals surface area contributed by atoms with Crippen molar-refractivity contribution in [1.82, 2.24) is 10.6 Å². The van der Waals surface area contributed by atoms with Crippen molar-refractivity contribution in [1.29, 1.82) is 0 Å². The molecule has 0 aliphatic heterocycles. The van der Waals surface area contributed by atoms with Gasteiger partial charge in [0.1, 0.15) is 6.54 Å². The van der Waals surface area contributed by atoms with Crippen LogP contribution in [0.3, 0.4) is 0 Å². The molecule has 0 aromatic heterocycles. The number of alkyl halides is 3. The first-order valence-corrected chi connectivity index (χ1v) is 6.00. The molecular weight excluding hydrogens is 233 g/mol. The predicted octanol–water partition coefficient (Wildman–Crippen LogP) is 3.21. The third kappa shape index (κ3) is 9.96. The number of unbranched alkanes of at least 4 members (excludes halogenated alkanes) is 1. The second-order valence-corrected chi connectivity index (χ2v) is 4.07. The van der Waals surface area contributed by atoms with Crippen LogP contribution in [0.25, 0.3) is 0 Å². The van der Waals surface area contributed by atoms with Crippen LogP contribution in [-0.2, 0) is 0 Å². The van der Waals surface area contributed by atoms with Crippen molar-refractivity contribution in [2.75, 3.05) is 6.54 Å². The summed E-state index contributed by atoms with van der Waals surface area (Å²) in [4.78, 5) is 11.2. The molecule has 0 saturated heterocycles. The summed E-state index contributed by atoms with van der Waals surface area (Å²) in [6.07, 6.45) is 0.106. The first-order valence-electron chi connectivity index (χ1n) is 6.00. The Labute approximate surface area is 100 Å². The van der Waals surface area contributed by atoms with E-state index in [0.29, 0.717) is 0 Å². The Balaban J connectivity index is 3.94. The van der Waals surface area contributed by atoms with E-state index in [9.17, 15) is 18.0 Å². The van der Waals surface area contributed by atoms with E-state index >= 15 is 0 Å². The summed E-state index contributed by atoms with van der Waals surface area (Å²) in [7, 11) is 0. The van der Waals surface area contributed by atoms with Crippen LogP contribution in [-0.4, -0.2) is 24.8 Å². The average molecular weight is 254 g/mol. The second kappa shape index (κ2) is 8.20. The van der Waals surface area contributed by atoms with Crippen LogP contribution in [0.1, 0.15) is 46.0 Å². The van der Waals surface area contributed by atoms with Crippen molar-refractivity contribution in [2.45, 2.75) is 58.2 Å². The molecule has 3 nitrogen and oxygen atoms in total. The lowest BCUT2D eigenvalue weighted by atomic mass is 10.1. The third-order valence-corrected chi connectivity index (χ3v) is 2.33. The summed E-state index contributed by atoms with van der Waals surface area (Å²) in [6.45, 7) is 2.73. The van der Waals surface area contributed by atoms with Crippen molar-refractivity contribution in [3.8, 4) is 0 Å². The maximum Gasteiger partial charge on any atom is 0.405 e. The Morgan fingerprint density at radius 2 is 1.82 bits per heavy atom. The van der Waals surface area contributed by atoms with Gasteiger partial charge in [0.2, 0.25) is 0 Å². The molecule has 0 aliphatic carbocycles. The van der Waals surface area contributed by atoms with E-state index in [0.717, 1.165) is 32.1 Å². The minimum Gasteiger partial charge on any atom is -0.335 e. The lowest BCUT2D eigenvalue weighted by Gasteiger charge is -2.18. The van der Waals surface area contributed by atoms with E-state index in [2.05, 4.69) is 5.32 Å². The van der Waals surface area contributed by atoms with Gasteiger partial charge in [-0.3, -0.25) is 0 Å². The van der Waals surface area contributed by atoms with Crippen LogP contribution < -0.4 is 10.6 Å². The standard InChI is InChI=1S/C11H21F3N2O/c1-3-5-7-9(6-4-2)16-10(17)15-8-11(12,13)14/h9H,3-8H2,1-2H3,(H2,15,16,17). The fourth-order valence-electron chi connectivity index (χ4n) is 1.50. The van der Waals surface area contributed by atoms with E-state index in [-0.39, 0.29) is 6.04 Å². The summed E-state index contributed by atoms with van der Waals surface area (Å²) >= 11 is 0. The van der Waals surface area contributed by atoms with Gasteiger partial charge in [0.25, 0.3) is 0 Å². The largest absolute Gasteiger partial charge is 0.405 e. The molecule has 2 amide bonds. The molecule has 0 fully saturated rings. The zero-order valence-electron chi connectivity index (χ0n) is 10.4. The molecule has 17 heavy (non-hydrogen) atoms. The molecule has 0 saturated carbocycles. The highest BCUT2D eigenvalue weighted by Gasteiger charge is 2.27. The maximum absolute atomic E-state index is 11.9. The molecule has 0 heterocycles. The van der Waals surface area contributed by atoms with Crippen molar-refractivity contribution in [3.63, 3.8) is 0 Å². The minimum atomic E-state index is -4.36. The number of carbonyl (C=O) groups is 1. The van der Waals surface area contributed by atoms with E-state index < -0.39 is 18.8 Å². The Morgan fingerprint density at radius 1 is 1.18 bits per heavy atom. The number of hydrogen-bond donors (Lipinski definition) is 2. The monoisotopic (exact) mass is 254 g/mol. The summed E-state index contributed by atoms with van der Waals surface area (Å²) in [5.41, 5.74) is 0. The van der Waals surface area contributed by atoms with Gasteiger partial charge in [-0.2, -0.15) is 13.2 Å². The van der Waals surface area contributed by atoms with Gasteiger partial charge in [-0.1, -0.05) is 33.1 Å². The highest BCUT2D eigenvalue weighted by Crippen LogP contribution is 2.12. The van der Waals surface area contributed by atoms with E-state index in [1.807, 2.05) is 19.2 Å². The molecule has 6 heteroatoms.